The van der Waals surface area contributed by atoms with Crippen molar-refractivity contribution in [2.24, 2.45) is 0 Å². The first-order chi connectivity index (χ1) is 12.8. The topological polar surface area (TPSA) is 83.8 Å². The molecule has 136 valence electrons. The molecule has 1 aromatic carbocycles. The lowest BCUT2D eigenvalue weighted by Crippen LogP contribution is -2.35. The van der Waals surface area contributed by atoms with Crippen LogP contribution >= 0.6 is 11.8 Å². The average Bonchev–Trinajstić information content (AvgIpc) is 3.21. The number of para-hydroxylation sites is 1. The molecule has 1 saturated carbocycles. The molecule has 0 atom stereocenters. The Balaban J connectivity index is 1.35. The SMILES string of the molecule is O=C(CSc1nnc(-c2c[nH]c3ccccc23)o1)NC1CCCCCC1. The predicted octanol–water partition coefficient (Wildman–Crippen LogP) is 4.15. The number of nitrogens with one attached hydrogen (secondary N) is 2. The standard InChI is InChI=1S/C19H22N4O2S/c24-17(21-13-7-3-1-2-4-8-13)12-26-19-23-22-18(25-19)15-11-20-16-10-6-5-9-14(15)16/h5-6,9-11,13,20H,1-4,7-8,12H2,(H,21,24). The van der Waals surface area contributed by atoms with Gasteiger partial charge >= 0.3 is 0 Å². The molecule has 1 amide bonds. The molecular formula is C19H22N4O2S. The van der Waals surface area contributed by atoms with Gasteiger partial charge in [-0.2, -0.15) is 0 Å². The number of H-pyrrole nitrogens is 1. The number of hydrogen-bond donors (Lipinski definition) is 2. The second-order valence-corrected chi connectivity index (χ2v) is 7.59. The summed E-state index contributed by atoms with van der Waals surface area (Å²) in [6.45, 7) is 0. The second kappa shape index (κ2) is 7.95. The lowest BCUT2D eigenvalue weighted by molar-refractivity contribution is -0.119. The largest absolute Gasteiger partial charge is 0.411 e. The third kappa shape index (κ3) is 3.93. The van der Waals surface area contributed by atoms with Gasteiger partial charge in [-0.1, -0.05) is 55.6 Å². The number of hydrogen-bond acceptors (Lipinski definition) is 5. The number of aromatic amines is 1. The smallest absolute Gasteiger partial charge is 0.277 e. The Morgan fingerprint density at radius 2 is 2.00 bits per heavy atom. The summed E-state index contributed by atoms with van der Waals surface area (Å²) >= 11 is 1.28. The first-order valence-corrected chi connectivity index (χ1v) is 10.1. The molecule has 0 unspecified atom stereocenters. The fraction of sp³-hybridized carbons (Fsp3) is 0.421. The maximum Gasteiger partial charge on any atom is 0.277 e. The summed E-state index contributed by atoms with van der Waals surface area (Å²) in [7, 11) is 0. The van der Waals surface area contributed by atoms with Crippen LogP contribution in [0.4, 0.5) is 0 Å². The fourth-order valence-corrected chi connectivity index (χ4v) is 4.02. The van der Waals surface area contributed by atoms with Crippen LogP contribution in [-0.2, 0) is 4.79 Å². The number of carbonyl (C=O) groups is 1. The van der Waals surface area contributed by atoms with Crippen molar-refractivity contribution in [3.8, 4) is 11.5 Å². The van der Waals surface area contributed by atoms with Gasteiger partial charge in [0.25, 0.3) is 11.1 Å². The highest BCUT2D eigenvalue weighted by Crippen LogP contribution is 2.29. The maximum absolute atomic E-state index is 12.2. The van der Waals surface area contributed by atoms with Gasteiger partial charge in [0, 0.05) is 23.1 Å². The molecule has 0 aliphatic heterocycles. The van der Waals surface area contributed by atoms with Gasteiger partial charge < -0.3 is 14.7 Å². The minimum Gasteiger partial charge on any atom is -0.411 e. The monoisotopic (exact) mass is 370 g/mol. The molecule has 3 aromatic rings. The van der Waals surface area contributed by atoms with Gasteiger partial charge in [-0.25, -0.2) is 0 Å². The Morgan fingerprint density at radius 1 is 1.19 bits per heavy atom. The molecule has 0 radical (unpaired) electrons. The van der Waals surface area contributed by atoms with Gasteiger partial charge in [-0.05, 0) is 18.9 Å². The summed E-state index contributed by atoms with van der Waals surface area (Å²) in [5.74, 6) is 0.800. The number of thioether (sulfide) groups is 1. The molecule has 1 aliphatic rings. The van der Waals surface area contributed by atoms with Crippen LogP contribution in [0.15, 0.2) is 40.1 Å². The van der Waals surface area contributed by atoms with E-state index in [2.05, 4.69) is 20.5 Å². The number of nitrogens with zero attached hydrogens (tertiary/aromatic N) is 2. The van der Waals surface area contributed by atoms with Crippen molar-refractivity contribution in [2.75, 3.05) is 5.75 Å². The molecule has 26 heavy (non-hydrogen) atoms. The van der Waals surface area contributed by atoms with E-state index in [0.29, 0.717) is 22.9 Å². The van der Waals surface area contributed by atoms with Crippen molar-refractivity contribution in [2.45, 2.75) is 49.8 Å². The van der Waals surface area contributed by atoms with Crippen LogP contribution in [0.3, 0.4) is 0 Å². The summed E-state index contributed by atoms with van der Waals surface area (Å²) in [4.78, 5) is 15.4. The lowest BCUT2D eigenvalue weighted by atomic mass is 10.1. The number of fused-ring (bicyclic) bond motifs is 1. The predicted molar refractivity (Wildman–Crippen MR) is 102 cm³/mol. The first-order valence-electron chi connectivity index (χ1n) is 9.12. The van der Waals surface area contributed by atoms with E-state index in [9.17, 15) is 4.79 Å². The normalized spacial score (nSPS) is 15.8. The zero-order valence-corrected chi connectivity index (χ0v) is 15.3. The third-order valence-corrected chi connectivity index (χ3v) is 5.59. The summed E-state index contributed by atoms with van der Waals surface area (Å²) in [5.41, 5.74) is 1.90. The number of aromatic nitrogens is 3. The van der Waals surface area contributed by atoms with Crippen molar-refractivity contribution in [1.82, 2.24) is 20.5 Å². The Kier molecular flexibility index (Phi) is 5.24. The number of carbonyl (C=O) groups excluding carboxylic acids is 1. The van der Waals surface area contributed by atoms with Crippen LogP contribution < -0.4 is 5.32 Å². The van der Waals surface area contributed by atoms with Crippen molar-refractivity contribution in [1.29, 1.82) is 0 Å². The Bertz CT molecular complexity index is 880. The minimum absolute atomic E-state index is 0.0359. The molecule has 4 rings (SSSR count). The highest BCUT2D eigenvalue weighted by Gasteiger charge is 2.17. The Labute approximate surface area is 156 Å². The van der Waals surface area contributed by atoms with Gasteiger partial charge in [0.15, 0.2) is 0 Å². The lowest BCUT2D eigenvalue weighted by Gasteiger charge is -2.15. The molecule has 0 spiro atoms. The molecule has 7 heteroatoms. The molecule has 6 nitrogen and oxygen atoms in total. The van der Waals surface area contributed by atoms with Crippen LogP contribution in [-0.4, -0.2) is 32.9 Å². The van der Waals surface area contributed by atoms with Gasteiger partial charge in [0.05, 0.1) is 11.3 Å². The summed E-state index contributed by atoms with van der Waals surface area (Å²) < 4.78 is 5.74. The van der Waals surface area contributed by atoms with Crippen LogP contribution in [0, 0.1) is 0 Å². The van der Waals surface area contributed by atoms with E-state index in [1.165, 1.54) is 37.4 Å². The highest BCUT2D eigenvalue weighted by atomic mass is 32.2. The third-order valence-electron chi connectivity index (χ3n) is 4.77. The van der Waals surface area contributed by atoms with Crippen LogP contribution in [0.5, 0.6) is 0 Å². The Morgan fingerprint density at radius 3 is 2.85 bits per heavy atom. The van der Waals surface area contributed by atoms with E-state index in [1.807, 2.05) is 30.5 Å². The number of rotatable bonds is 5. The van der Waals surface area contributed by atoms with E-state index in [4.69, 9.17) is 4.42 Å². The van der Waals surface area contributed by atoms with Crippen molar-refractivity contribution in [3.05, 3.63) is 30.5 Å². The van der Waals surface area contributed by atoms with Crippen LogP contribution in [0.25, 0.3) is 22.4 Å². The zero-order valence-electron chi connectivity index (χ0n) is 14.5. The number of benzene rings is 1. The summed E-state index contributed by atoms with van der Waals surface area (Å²) in [6.07, 6.45) is 9.00. The summed E-state index contributed by atoms with van der Waals surface area (Å²) in [5, 5.41) is 12.8. The zero-order chi connectivity index (χ0) is 17.8. The molecular weight excluding hydrogens is 348 g/mol. The van der Waals surface area contributed by atoms with Crippen LogP contribution in [0.1, 0.15) is 38.5 Å². The van der Waals surface area contributed by atoms with Crippen molar-refractivity contribution >= 4 is 28.6 Å². The quantitative estimate of drug-likeness (QED) is 0.521. The van der Waals surface area contributed by atoms with Gasteiger partial charge in [-0.3, -0.25) is 4.79 Å². The summed E-state index contributed by atoms with van der Waals surface area (Å²) in [6, 6.07) is 8.28. The Hall–Kier alpha value is -2.28. The van der Waals surface area contributed by atoms with Crippen molar-refractivity contribution < 1.29 is 9.21 Å². The molecule has 0 bridgehead atoms. The van der Waals surface area contributed by atoms with Gasteiger partial charge in [-0.15, -0.1) is 10.2 Å². The molecule has 2 aromatic heterocycles. The maximum atomic E-state index is 12.2. The number of amides is 1. The minimum atomic E-state index is 0.0359. The second-order valence-electron chi connectivity index (χ2n) is 6.67. The molecule has 2 N–H and O–H groups in total. The van der Waals surface area contributed by atoms with Crippen molar-refractivity contribution in [3.63, 3.8) is 0 Å². The van der Waals surface area contributed by atoms with E-state index in [1.54, 1.807) is 0 Å². The first kappa shape index (κ1) is 17.1. The molecule has 0 saturated heterocycles. The van der Waals surface area contributed by atoms with E-state index in [-0.39, 0.29) is 5.91 Å². The average molecular weight is 370 g/mol. The molecule has 1 aliphatic carbocycles. The van der Waals surface area contributed by atoms with Gasteiger partial charge in [0.2, 0.25) is 5.91 Å². The van der Waals surface area contributed by atoms with Crippen LogP contribution in [0.2, 0.25) is 0 Å². The fourth-order valence-electron chi connectivity index (χ4n) is 3.45. The molecule has 1 fully saturated rings. The highest BCUT2D eigenvalue weighted by molar-refractivity contribution is 7.99. The van der Waals surface area contributed by atoms with Gasteiger partial charge in [0.1, 0.15) is 0 Å². The molecule has 2 heterocycles. The van der Waals surface area contributed by atoms with E-state index < -0.39 is 0 Å². The van der Waals surface area contributed by atoms with E-state index in [0.717, 1.165) is 29.3 Å². The van der Waals surface area contributed by atoms with E-state index >= 15 is 0 Å².